The standard InChI is InChI=1S/C16H15NO3S/c18-14-6-8-15(9-7-14)21(19)11-13-10-20-16(17-13)12-4-2-1-3-5-12/h1-9,13,18H,10-11H2. The number of rotatable bonds is 4. The molecule has 0 saturated heterocycles. The molecule has 1 aliphatic heterocycles. The molecule has 2 aromatic rings. The Labute approximate surface area is 126 Å². The molecule has 1 heterocycles. The van der Waals surface area contributed by atoms with E-state index in [9.17, 15) is 9.66 Å². The summed E-state index contributed by atoms with van der Waals surface area (Å²) >= 11 is -1.15. The van der Waals surface area contributed by atoms with Gasteiger partial charge in [-0.05, 0) is 47.6 Å². The van der Waals surface area contributed by atoms with Crippen molar-refractivity contribution in [2.24, 2.45) is 4.99 Å². The van der Waals surface area contributed by atoms with Gasteiger partial charge in [0, 0.05) is 5.56 Å². The molecular formula is C16H15NO3S. The fourth-order valence-corrected chi connectivity index (χ4v) is 3.26. The second-order valence-electron chi connectivity index (χ2n) is 4.77. The summed E-state index contributed by atoms with van der Waals surface area (Å²) in [6.45, 7) is 0.452. The second kappa shape index (κ2) is 6.20. The third kappa shape index (κ3) is 3.37. The molecule has 5 heteroatoms. The van der Waals surface area contributed by atoms with Crippen LogP contribution in [0.3, 0.4) is 0 Å². The topological polar surface area (TPSA) is 64.9 Å². The van der Waals surface area contributed by atoms with E-state index in [2.05, 4.69) is 4.99 Å². The van der Waals surface area contributed by atoms with E-state index in [0.717, 1.165) is 5.56 Å². The number of ether oxygens (including phenoxy) is 1. The van der Waals surface area contributed by atoms with E-state index in [4.69, 9.17) is 4.74 Å². The Morgan fingerprint density at radius 3 is 2.57 bits per heavy atom. The molecule has 0 radical (unpaired) electrons. The highest BCUT2D eigenvalue weighted by Crippen LogP contribution is 2.19. The fraction of sp³-hybridized carbons (Fsp3) is 0.188. The van der Waals surface area contributed by atoms with Gasteiger partial charge >= 0.3 is 0 Å². The Hall–Kier alpha value is -1.98. The predicted molar refractivity (Wildman–Crippen MR) is 82.1 cm³/mol. The van der Waals surface area contributed by atoms with Crippen molar-refractivity contribution in [3.63, 3.8) is 0 Å². The molecule has 2 aromatic carbocycles. The van der Waals surface area contributed by atoms with Crippen LogP contribution in [0.4, 0.5) is 0 Å². The third-order valence-corrected chi connectivity index (χ3v) is 4.66. The number of nitrogens with zero attached hydrogens (tertiary/aromatic N) is 1. The van der Waals surface area contributed by atoms with E-state index in [1.807, 2.05) is 30.3 Å². The van der Waals surface area contributed by atoms with Gasteiger partial charge in [0.05, 0.1) is 0 Å². The average Bonchev–Trinajstić information content (AvgIpc) is 2.97. The Morgan fingerprint density at radius 1 is 1.14 bits per heavy atom. The van der Waals surface area contributed by atoms with Gasteiger partial charge < -0.3 is 14.4 Å². The van der Waals surface area contributed by atoms with Crippen LogP contribution in [0.1, 0.15) is 5.56 Å². The van der Waals surface area contributed by atoms with E-state index >= 15 is 0 Å². The van der Waals surface area contributed by atoms with Crippen molar-refractivity contribution in [1.82, 2.24) is 0 Å². The van der Waals surface area contributed by atoms with E-state index < -0.39 is 11.2 Å². The van der Waals surface area contributed by atoms with E-state index in [-0.39, 0.29) is 11.8 Å². The first-order valence-electron chi connectivity index (χ1n) is 6.66. The Bertz CT molecular complexity index is 628. The SMILES string of the molecule is [O-][S+](CC1COC(c2ccccc2)=N1)c1ccc(O)cc1. The number of hydrogen-bond donors (Lipinski definition) is 1. The van der Waals surface area contributed by atoms with Crippen LogP contribution in [0, 0.1) is 0 Å². The van der Waals surface area contributed by atoms with Gasteiger partial charge in [0.25, 0.3) is 0 Å². The molecular weight excluding hydrogens is 286 g/mol. The first-order valence-corrected chi connectivity index (χ1v) is 7.98. The lowest BCUT2D eigenvalue weighted by Gasteiger charge is -2.12. The summed E-state index contributed by atoms with van der Waals surface area (Å²) in [6, 6.07) is 16.0. The molecule has 21 heavy (non-hydrogen) atoms. The lowest BCUT2D eigenvalue weighted by Crippen LogP contribution is -2.20. The number of aromatic hydroxyl groups is 1. The Balaban J connectivity index is 1.66. The van der Waals surface area contributed by atoms with E-state index in [1.54, 1.807) is 12.1 Å². The van der Waals surface area contributed by atoms with Gasteiger partial charge in [-0.3, -0.25) is 0 Å². The van der Waals surface area contributed by atoms with Crippen molar-refractivity contribution in [2.75, 3.05) is 12.4 Å². The zero-order chi connectivity index (χ0) is 14.7. The zero-order valence-corrected chi connectivity index (χ0v) is 12.1. The Morgan fingerprint density at radius 2 is 1.86 bits per heavy atom. The molecule has 4 nitrogen and oxygen atoms in total. The van der Waals surface area contributed by atoms with Crippen LogP contribution in [0.25, 0.3) is 0 Å². The number of phenolic OH excluding ortho intramolecular Hbond substituents is 1. The van der Waals surface area contributed by atoms with Gasteiger partial charge in [-0.15, -0.1) is 0 Å². The molecule has 0 saturated carbocycles. The number of aliphatic imine (C=N–C) groups is 1. The van der Waals surface area contributed by atoms with Crippen LogP contribution in [-0.2, 0) is 15.9 Å². The van der Waals surface area contributed by atoms with Gasteiger partial charge in [-0.1, -0.05) is 18.2 Å². The summed E-state index contributed by atoms with van der Waals surface area (Å²) in [5.41, 5.74) is 0.940. The molecule has 0 bridgehead atoms. The Kier molecular flexibility index (Phi) is 4.13. The van der Waals surface area contributed by atoms with Crippen molar-refractivity contribution in [3.05, 3.63) is 60.2 Å². The molecule has 2 unspecified atom stereocenters. The van der Waals surface area contributed by atoms with Crippen LogP contribution < -0.4 is 0 Å². The maximum Gasteiger partial charge on any atom is 0.216 e. The summed E-state index contributed by atoms with van der Waals surface area (Å²) in [7, 11) is 0. The number of phenols is 1. The molecule has 0 amide bonds. The minimum absolute atomic E-state index is 0.102. The van der Waals surface area contributed by atoms with Crippen LogP contribution >= 0.6 is 0 Å². The van der Waals surface area contributed by atoms with Crippen molar-refractivity contribution in [3.8, 4) is 5.75 Å². The van der Waals surface area contributed by atoms with E-state index in [0.29, 0.717) is 23.2 Å². The summed E-state index contributed by atoms with van der Waals surface area (Å²) in [4.78, 5) is 5.18. The van der Waals surface area contributed by atoms with Crippen LogP contribution in [-0.4, -0.2) is 34.0 Å². The highest BCUT2D eigenvalue weighted by atomic mass is 32.2. The highest BCUT2D eigenvalue weighted by Gasteiger charge is 2.25. The second-order valence-corrected chi connectivity index (χ2v) is 6.27. The van der Waals surface area contributed by atoms with Crippen molar-refractivity contribution >= 4 is 17.1 Å². The minimum atomic E-state index is -1.15. The van der Waals surface area contributed by atoms with Crippen LogP contribution in [0.5, 0.6) is 5.75 Å². The van der Waals surface area contributed by atoms with Crippen LogP contribution in [0.2, 0.25) is 0 Å². The van der Waals surface area contributed by atoms with Gasteiger partial charge in [-0.25, -0.2) is 4.99 Å². The quantitative estimate of drug-likeness (QED) is 0.882. The van der Waals surface area contributed by atoms with Crippen LogP contribution in [0.15, 0.2) is 64.5 Å². The fourth-order valence-electron chi connectivity index (χ4n) is 2.11. The molecule has 1 aliphatic rings. The lowest BCUT2D eigenvalue weighted by molar-refractivity contribution is 0.324. The minimum Gasteiger partial charge on any atom is -0.611 e. The smallest absolute Gasteiger partial charge is 0.216 e. The molecule has 2 atom stereocenters. The largest absolute Gasteiger partial charge is 0.611 e. The summed E-state index contributed by atoms with van der Waals surface area (Å²) in [6.07, 6.45) is 0. The monoisotopic (exact) mass is 301 g/mol. The molecule has 3 rings (SSSR count). The van der Waals surface area contributed by atoms with Gasteiger partial charge in [0.15, 0.2) is 4.90 Å². The lowest BCUT2D eigenvalue weighted by atomic mass is 10.2. The average molecular weight is 301 g/mol. The third-order valence-electron chi connectivity index (χ3n) is 3.18. The molecule has 0 aromatic heterocycles. The van der Waals surface area contributed by atoms with Crippen molar-refractivity contribution < 1.29 is 14.4 Å². The van der Waals surface area contributed by atoms with Crippen molar-refractivity contribution in [1.29, 1.82) is 0 Å². The number of hydrogen-bond acceptors (Lipinski definition) is 4. The van der Waals surface area contributed by atoms with Gasteiger partial charge in [0.2, 0.25) is 5.90 Å². The predicted octanol–water partition coefficient (Wildman–Crippen LogP) is 2.35. The highest BCUT2D eigenvalue weighted by molar-refractivity contribution is 7.91. The maximum atomic E-state index is 12.3. The molecule has 108 valence electrons. The summed E-state index contributed by atoms with van der Waals surface area (Å²) in [5.74, 6) is 1.20. The zero-order valence-electron chi connectivity index (χ0n) is 11.3. The molecule has 0 fully saturated rings. The first-order chi connectivity index (χ1) is 10.2. The summed E-state index contributed by atoms with van der Waals surface area (Å²) < 4.78 is 17.8. The van der Waals surface area contributed by atoms with Crippen molar-refractivity contribution in [2.45, 2.75) is 10.9 Å². The summed E-state index contributed by atoms with van der Waals surface area (Å²) in [5, 5.41) is 9.24. The normalized spacial score (nSPS) is 18.9. The molecule has 1 N–H and O–H groups in total. The number of benzene rings is 2. The van der Waals surface area contributed by atoms with Gasteiger partial charge in [0.1, 0.15) is 24.2 Å². The van der Waals surface area contributed by atoms with E-state index in [1.165, 1.54) is 12.1 Å². The first kappa shape index (κ1) is 14.0. The van der Waals surface area contributed by atoms with Gasteiger partial charge in [-0.2, -0.15) is 0 Å². The molecule has 0 aliphatic carbocycles. The molecule has 0 spiro atoms. The maximum absolute atomic E-state index is 12.3.